The molecule has 0 bridgehead atoms. The zero-order valence-electron chi connectivity index (χ0n) is 14.5. The number of methoxy groups -OCH3 is 1. The maximum atomic E-state index is 12.7. The number of carbonyl (C=O) groups is 2. The smallest absolute Gasteiger partial charge is 0.328 e. The van der Waals surface area contributed by atoms with Gasteiger partial charge in [-0.25, -0.2) is 4.79 Å². The molecule has 27 heavy (non-hydrogen) atoms. The van der Waals surface area contributed by atoms with Gasteiger partial charge in [0, 0.05) is 22.0 Å². The Morgan fingerprint density at radius 3 is 2.30 bits per heavy atom. The topological polar surface area (TPSA) is 55.4 Å². The predicted octanol–water partition coefficient (Wildman–Crippen LogP) is 4.66. The average Bonchev–Trinajstić information content (AvgIpc) is 2.68. The van der Waals surface area contributed by atoms with E-state index < -0.39 is 12.0 Å². The second-order valence-corrected chi connectivity index (χ2v) is 6.83. The van der Waals surface area contributed by atoms with E-state index in [-0.39, 0.29) is 12.3 Å². The lowest BCUT2D eigenvalue weighted by Gasteiger charge is -2.18. The van der Waals surface area contributed by atoms with Gasteiger partial charge >= 0.3 is 5.97 Å². The SMILES string of the molecule is COC(=O)[C@@H](Cc1c(Cl)cccc1Cl)NC(=O)c1ccc2ccccc2c1. The molecule has 0 unspecified atom stereocenters. The van der Waals surface area contributed by atoms with Crippen molar-refractivity contribution in [2.45, 2.75) is 12.5 Å². The fourth-order valence-electron chi connectivity index (χ4n) is 2.84. The molecule has 3 aromatic carbocycles. The normalized spacial score (nSPS) is 11.8. The second-order valence-electron chi connectivity index (χ2n) is 6.02. The summed E-state index contributed by atoms with van der Waals surface area (Å²) in [7, 11) is 1.27. The van der Waals surface area contributed by atoms with Crippen LogP contribution in [0.4, 0.5) is 0 Å². The number of carbonyl (C=O) groups excluding carboxylic acids is 2. The molecule has 4 nitrogen and oxygen atoms in total. The van der Waals surface area contributed by atoms with Gasteiger partial charge in [0.25, 0.3) is 5.91 Å². The summed E-state index contributed by atoms with van der Waals surface area (Å²) in [6.45, 7) is 0. The van der Waals surface area contributed by atoms with E-state index in [1.165, 1.54) is 7.11 Å². The van der Waals surface area contributed by atoms with Crippen molar-refractivity contribution in [1.82, 2.24) is 5.32 Å². The van der Waals surface area contributed by atoms with Crippen LogP contribution in [0.1, 0.15) is 15.9 Å². The first-order valence-electron chi connectivity index (χ1n) is 8.30. The molecular formula is C21H17Cl2NO3. The zero-order valence-corrected chi connectivity index (χ0v) is 16.1. The van der Waals surface area contributed by atoms with Crippen LogP contribution in [0.3, 0.4) is 0 Å². The third-order valence-corrected chi connectivity index (χ3v) is 4.98. The van der Waals surface area contributed by atoms with Crippen molar-refractivity contribution in [1.29, 1.82) is 0 Å². The van der Waals surface area contributed by atoms with Gasteiger partial charge < -0.3 is 10.1 Å². The molecule has 0 heterocycles. The van der Waals surface area contributed by atoms with Gasteiger partial charge in [0.1, 0.15) is 6.04 Å². The van der Waals surface area contributed by atoms with Crippen LogP contribution in [0.5, 0.6) is 0 Å². The number of benzene rings is 3. The monoisotopic (exact) mass is 401 g/mol. The minimum Gasteiger partial charge on any atom is -0.467 e. The Hall–Kier alpha value is -2.56. The van der Waals surface area contributed by atoms with E-state index in [1.807, 2.05) is 30.3 Å². The van der Waals surface area contributed by atoms with Crippen LogP contribution in [0, 0.1) is 0 Å². The molecular weight excluding hydrogens is 385 g/mol. The molecule has 1 atom stereocenters. The lowest BCUT2D eigenvalue weighted by atomic mass is 10.0. The number of nitrogens with one attached hydrogen (secondary N) is 1. The zero-order chi connectivity index (χ0) is 19.4. The van der Waals surface area contributed by atoms with Crippen LogP contribution in [0.15, 0.2) is 60.7 Å². The molecule has 0 aromatic heterocycles. The molecule has 0 saturated heterocycles. The molecule has 138 valence electrons. The number of esters is 1. The van der Waals surface area contributed by atoms with Crippen LogP contribution in [0.25, 0.3) is 10.8 Å². The summed E-state index contributed by atoms with van der Waals surface area (Å²) in [5, 5.41) is 5.54. The second kappa shape index (κ2) is 8.42. The summed E-state index contributed by atoms with van der Waals surface area (Å²) in [5.74, 6) is -0.945. The van der Waals surface area contributed by atoms with Crippen molar-refractivity contribution in [3.8, 4) is 0 Å². The van der Waals surface area contributed by atoms with Gasteiger partial charge in [-0.15, -0.1) is 0 Å². The molecule has 1 amide bonds. The third-order valence-electron chi connectivity index (χ3n) is 4.27. The highest BCUT2D eigenvalue weighted by atomic mass is 35.5. The van der Waals surface area contributed by atoms with Crippen molar-refractivity contribution in [2.24, 2.45) is 0 Å². The number of fused-ring (bicyclic) bond motifs is 1. The molecule has 0 aliphatic heterocycles. The van der Waals surface area contributed by atoms with Crippen molar-refractivity contribution in [3.05, 3.63) is 81.8 Å². The summed E-state index contributed by atoms with van der Waals surface area (Å²) in [6.07, 6.45) is 0.129. The van der Waals surface area contributed by atoms with Crippen molar-refractivity contribution in [2.75, 3.05) is 7.11 Å². The minimum absolute atomic E-state index is 0.129. The molecule has 0 aliphatic carbocycles. The number of ether oxygens (including phenoxy) is 1. The predicted molar refractivity (Wildman–Crippen MR) is 107 cm³/mol. The fourth-order valence-corrected chi connectivity index (χ4v) is 3.39. The number of rotatable bonds is 5. The van der Waals surface area contributed by atoms with Crippen LogP contribution in [0.2, 0.25) is 10.0 Å². The average molecular weight is 402 g/mol. The summed E-state index contributed by atoms with van der Waals surface area (Å²) in [4.78, 5) is 24.9. The Morgan fingerprint density at radius 2 is 1.63 bits per heavy atom. The minimum atomic E-state index is -0.911. The van der Waals surface area contributed by atoms with E-state index in [2.05, 4.69) is 5.32 Å². The summed E-state index contributed by atoms with van der Waals surface area (Å²) in [5.41, 5.74) is 1.03. The maximum absolute atomic E-state index is 12.7. The molecule has 3 rings (SSSR count). The molecule has 0 spiro atoms. The van der Waals surface area contributed by atoms with E-state index in [1.54, 1.807) is 30.3 Å². The standard InChI is InChI=1S/C21H17Cl2NO3/c1-27-21(26)19(12-16-17(22)7-4-8-18(16)23)24-20(25)15-10-9-13-5-2-3-6-14(13)11-15/h2-11,19H,12H2,1H3,(H,24,25)/t19-/m1/s1. The van der Waals surface area contributed by atoms with E-state index in [0.29, 0.717) is 21.2 Å². The van der Waals surface area contributed by atoms with Gasteiger partial charge in [0.15, 0.2) is 0 Å². The molecule has 0 fully saturated rings. The molecule has 1 N–H and O–H groups in total. The van der Waals surface area contributed by atoms with Crippen molar-refractivity contribution in [3.63, 3.8) is 0 Å². The number of amides is 1. The van der Waals surface area contributed by atoms with Crippen molar-refractivity contribution < 1.29 is 14.3 Å². The van der Waals surface area contributed by atoms with Gasteiger partial charge in [-0.3, -0.25) is 4.79 Å². The lowest BCUT2D eigenvalue weighted by molar-refractivity contribution is -0.142. The first-order valence-corrected chi connectivity index (χ1v) is 9.05. The maximum Gasteiger partial charge on any atom is 0.328 e. The van der Waals surface area contributed by atoms with Gasteiger partial charge in [-0.05, 0) is 40.6 Å². The number of hydrogen-bond donors (Lipinski definition) is 1. The molecule has 0 radical (unpaired) electrons. The lowest BCUT2D eigenvalue weighted by Crippen LogP contribution is -2.43. The first kappa shape index (κ1) is 19.2. The van der Waals surface area contributed by atoms with E-state index >= 15 is 0 Å². The highest BCUT2D eigenvalue weighted by molar-refractivity contribution is 6.36. The molecule has 0 aliphatic rings. The Bertz CT molecular complexity index is 983. The Kier molecular flexibility index (Phi) is 5.99. The van der Waals surface area contributed by atoms with Crippen LogP contribution >= 0.6 is 23.2 Å². The Morgan fingerprint density at radius 1 is 0.963 bits per heavy atom. The summed E-state index contributed by atoms with van der Waals surface area (Å²) >= 11 is 12.4. The van der Waals surface area contributed by atoms with Gasteiger partial charge in [-0.2, -0.15) is 0 Å². The van der Waals surface area contributed by atoms with Crippen LogP contribution in [-0.4, -0.2) is 25.0 Å². The summed E-state index contributed by atoms with van der Waals surface area (Å²) < 4.78 is 4.83. The Balaban J connectivity index is 1.85. The number of hydrogen-bond acceptors (Lipinski definition) is 3. The van der Waals surface area contributed by atoms with Crippen LogP contribution in [-0.2, 0) is 16.0 Å². The number of halogens is 2. The quantitative estimate of drug-likeness (QED) is 0.632. The third kappa shape index (κ3) is 4.41. The highest BCUT2D eigenvalue weighted by Crippen LogP contribution is 2.26. The molecule has 3 aromatic rings. The Labute approximate surface area is 167 Å². The summed E-state index contributed by atoms with van der Waals surface area (Å²) in [6, 6.07) is 17.3. The fraction of sp³-hybridized carbons (Fsp3) is 0.143. The van der Waals surface area contributed by atoms with Gasteiger partial charge in [0.05, 0.1) is 7.11 Å². The van der Waals surface area contributed by atoms with Gasteiger partial charge in [-0.1, -0.05) is 59.6 Å². The van der Waals surface area contributed by atoms with Gasteiger partial charge in [0.2, 0.25) is 0 Å². The highest BCUT2D eigenvalue weighted by Gasteiger charge is 2.24. The van der Waals surface area contributed by atoms with E-state index in [9.17, 15) is 9.59 Å². The molecule has 6 heteroatoms. The van der Waals surface area contributed by atoms with Crippen molar-refractivity contribution >= 4 is 45.9 Å². The largest absolute Gasteiger partial charge is 0.467 e. The van der Waals surface area contributed by atoms with E-state index in [4.69, 9.17) is 27.9 Å². The van der Waals surface area contributed by atoms with E-state index in [0.717, 1.165) is 10.8 Å². The van der Waals surface area contributed by atoms with Crippen LogP contribution < -0.4 is 5.32 Å². The molecule has 0 saturated carbocycles. The first-order chi connectivity index (χ1) is 13.0.